The van der Waals surface area contributed by atoms with Gasteiger partial charge in [-0.05, 0) is 43.4 Å². The number of rotatable bonds is 5. The van der Waals surface area contributed by atoms with Crippen LogP contribution in [0.5, 0.6) is 5.75 Å². The third-order valence-corrected chi connectivity index (χ3v) is 7.29. The highest BCUT2D eigenvalue weighted by atomic mass is 19.4. The highest BCUT2D eigenvalue weighted by Crippen LogP contribution is 2.43. The molecule has 0 radical (unpaired) electrons. The minimum atomic E-state index is -4.56. The molecule has 3 heterocycles. The second-order valence-corrected chi connectivity index (χ2v) is 9.67. The van der Waals surface area contributed by atoms with Crippen molar-refractivity contribution in [2.45, 2.75) is 50.6 Å². The van der Waals surface area contributed by atoms with E-state index in [4.69, 9.17) is 9.72 Å². The normalized spacial score (nSPS) is 24.3. The van der Waals surface area contributed by atoms with Gasteiger partial charge in [-0.2, -0.15) is 13.2 Å². The molecule has 7 nitrogen and oxygen atoms in total. The van der Waals surface area contributed by atoms with Crippen LogP contribution < -0.4 is 15.5 Å². The fourth-order valence-corrected chi connectivity index (χ4v) is 5.38. The number of hydrazine groups is 1. The highest BCUT2D eigenvalue weighted by molar-refractivity contribution is 6.20. The average molecular weight is 498 g/mol. The molecule has 1 saturated heterocycles. The quantitative estimate of drug-likeness (QED) is 0.554. The summed E-state index contributed by atoms with van der Waals surface area (Å²) in [6, 6.07) is 12.2. The number of fused-ring (bicyclic) bond motifs is 2. The van der Waals surface area contributed by atoms with Crippen LogP contribution in [-0.4, -0.2) is 46.0 Å². The smallest absolute Gasteiger partial charge is 0.406 e. The van der Waals surface area contributed by atoms with Crippen LogP contribution in [0.25, 0.3) is 16.6 Å². The summed E-state index contributed by atoms with van der Waals surface area (Å²) >= 11 is 0. The van der Waals surface area contributed by atoms with Crippen molar-refractivity contribution < 1.29 is 22.7 Å². The van der Waals surface area contributed by atoms with E-state index >= 15 is 0 Å². The Morgan fingerprint density at radius 1 is 1.11 bits per heavy atom. The van der Waals surface area contributed by atoms with E-state index in [0.29, 0.717) is 40.8 Å². The zero-order valence-electron chi connectivity index (χ0n) is 19.8. The average Bonchev–Trinajstić information content (AvgIpc) is 3.48. The molecule has 188 valence electrons. The molecular formula is C26H26F3N5O2. The van der Waals surface area contributed by atoms with Gasteiger partial charge in [0.25, 0.3) is 5.91 Å². The number of carbonyl (C=O) groups is 1. The maximum atomic E-state index is 14.1. The standard InChI is InChI=1S/C26H26F3N5O2/c1-14-19(23-31-21-17(9-6-10-18(21)36-2)33(23)13-15-11-12-15)25(35)34-24(30-14)20(16-7-4-3-5-8-16)22(32-34)26(27,28)29/h3-10,15,20,22,24,30,32H,11-13H2,1-2H3. The molecule has 2 aromatic carbocycles. The third kappa shape index (κ3) is 3.62. The molecule has 3 unspecified atom stereocenters. The first kappa shape index (κ1) is 22.9. The molecule has 0 spiro atoms. The molecule has 1 amide bonds. The summed E-state index contributed by atoms with van der Waals surface area (Å²) in [5.41, 5.74) is 5.19. The van der Waals surface area contributed by atoms with E-state index < -0.39 is 30.2 Å². The van der Waals surface area contributed by atoms with Crippen molar-refractivity contribution in [2.24, 2.45) is 5.92 Å². The molecule has 2 fully saturated rings. The molecular weight excluding hydrogens is 471 g/mol. The Morgan fingerprint density at radius 3 is 2.53 bits per heavy atom. The van der Waals surface area contributed by atoms with Gasteiger partial charge < -0.3 is 14.6 Å². The zero-order valence-corrected chi connectivity index (χ0v) is 19.8. The van der Waals surface area contributed by atoms with Crippen LogP contribution in [0.1, 0.15) is 37.1 Å². The number of halogens is 3. The number of imidazole rings is 1. The number of carbonyl (C=O) groups excluding carboxylic acids is 1. The van der Waals surface area contributed by atoms with Crippen molar-refractivity contribution in [2.75, 3.05) is 7.11 Å². The summed E-state index contributed by atoms with van der Waals surface area (Å²) in [4.78, 5) is 18.7. The molecule has 1 aliphatic carbocycles. The number of nitrogens with one attached hydrogen (secondary N) is 2. The number of benzene rings is 2. The molecule has 1 saturated carbocycles. The monoisotopic (exact) mass is 497 g/mol. The summed E-state index contributed by atoms with van der Waals surface area (Å²) < 4.78 is 49.9. The fourth-order valence-electron chi connectivity index (χ4n) is 5.38. The molecule has 36 heavy (non-hydrogen) atoms. The second kappa shape index (κ2) is 8.26. The number of amides is 1. The number of para-hydroxylation sites is 1. The van der Waals surface area contributed by atoms with E-state index in [0.717, 1.165) is 23.4 Å². The van der Waals surface area contributed by atoms with Crippen LogP contribution in [0, 0.1) is 5.92 Å². The summed E-state index contributed by atoms with van der Waals surface area (Å²) in [7, 11) is 1.56. The van der Waals surface area contributed by atoms with Crippen LogP contribution in [0.2, 0.25) is 0 Å². The van der Waals surface area contributed by atoms with Gasteiger partial charge in [-0.15, -0.1) is 0 Å². The highest BCUT2D eigenvalue weighted by Gasteiger charge is 2.58. The summed E-state index contributed by atoms with van der Waals surface area (Å²) in [6.45, 7) is 2.41. The number of ether oxygens (including phenoxy) is 1. The van der Waals surface area contributed by atoms with E-state index in [1.807, 2.05) is 16.7 Å². The van der Waals surface area contributed by atoms with Crippen LogP contribution in [0.15, 0.2) is 54.2 Å². The fraction of sp³-hybridized carbons (Fsp3) is 0.385. The van der Waals surface area contributed by atoms with E-state index in [1.165, 1.54) is 0 Å². The van der Waals surface area contributed by atoms with Crippen molar-refractivity contribution in [1.82, 2.24) is 25.3 Å². The van der Waals surface area contributed by atoms with E-state index in [1.54, 1.807) is 50.4 Å². The van der Waals surface area contributed by atoms with Gasteiger partial charge in [-0.1, -0.05) is 36.4 Å². The molecule has 0 bridgehead atoms. The maximum Gasteiger partial charge on any atom is 0.406 e. The maximum absolute atomic E-state index is 14.1. The molecule has 10 heteroatoms. The zero-order chi connectivity index (χ0) is 25.2. The van der Waals surface area contributed by atoms with Gasteiger partial charge in [0.05, 0.1) is 18.5 Å². The Labute approximate surface area is 205 Å². The molecule has 3 aliphatic rings. The lowest BCUT2D eigenvalue weighted by atomic mass is 9.89. The summed E-state index contributed by atoms with van der Waals surface area (Å²) in [6.07, 6.45) is -3.27. The number of nitrogens with zero attached hydrogens (tertiary/aromatic N) is 3. The number of allylic oxidation sites excluding steroid dienone is 1. The van der Waals surface area contributed by atoms with Crippen LogP contribution in [-0.2, 0) is 11.3 Å². The van der Waals surface area contributed by atoms with Crippen molar-refractivity contribution in [3.8, 4) is 5.75 Å². The van der Waals surface area contributed by atoms with E-state index in [9.17, 15) is 18.0 Å². The predicted molar refractivity (Wildman–Crippen MR) is 128 cm³/mol. The summed E-state index contributed by atoms with van der Waals surface area (Å²) in [5.74, 6) is -0.0542. The molecule has 3 aromatic rings. The first-order chi connectivity index (χ1) is 17.3. The van der Waals surface area contributed by atoms with Gasteiger partial charge in [0.15, 0.2) is 0 Å². The van der Waals surface area contributed by atoms with E-state index in [-0.39, 0.29) is 5.57 Å². The largest absolute Gasteiger partial charge is 0.494 e. The van der Waals surface area contributed by atoms with Crippen molar-refractivity contribution >= 4 is 22.5 Å². The van der Waals surface area contributed by atoms with Gasteiger partial charge >= 0.3 is 6.18 Å². The topological polar surface area (TPSA) is 71.4 Å². The Bertz CT molecular complexity index is 1360. The summed E-state index contributed by atoms with van der Waals surface area (Å²) in [5, 5.41) is 4.31. The second-order valence-electron chi connectivity index (χ2n) is 9.67. The molecule has 2 aliphatic heterocycles. The SMILES string of the molecule is COc1cccc2c1nc(C1=C(C)NC3C(c4ccccc4)C(C(F)(F)F)NN3C1=O)n2CC1CC1. The van der Waals surface area contributed by atoms with Gasteiger partial charge in [0.1, 0.15) is 34.9 Å². The van der Waals surface area contributed by atoms with Crippen molar-refractivity contribution in [1.29, 1.82) is 0 Å². The molecule has 3 atom stereocenters. The Hall–Kier alpha value is -3.53. The van der Waals surface area contributed by atoms with E-state index in [2.05, 4.69) is 10.7 Å². The van der Waals surface area contributed by atoms with Gasteiger partial charge in [0.2, 0.25) is 0 Å². The first-order valence-corrected chi connectivity index (χ1v) is 12.0. The molecule has 6 rings (SSSR count). The van der Waals surface area contributed by atoms with Crippen LogP contribution in [0.4, 0.5) is 13.2 Å². The Kier molecular flexibility index (Phi) is 5.26. The first-order valence-electron chi connectivity index (χ1n) is 12.0. The number of hydrogen-bond acceptors (Lipinski definition) is 5. The van der Waals surface area contributed by atoms with Crippen LogP contribution >= 0.6 is 0 Å². The van der Waals surface area contributed by atoms with Gasteiger partial charge in [0, 0.05) is 12.2 Å². The predicted octanol–water partition coefficient (Wildman–Crippen LogP) is 4.18. The van der Waals surface area contributed by atoms with Gasteiger partial charge in [-0.3, -0.25) is 4.79 Å². The minimum absolute atomic E-state index is 0.257. The Morgan fingerprint density at radius 2 is 1.86 bits per heavy atom. The Balaban J connectivity index is 1.47. The lowest BCUT2D eigenvalue weighted by Crippen LogP contribution is -2.54. The van der Waals surface area contributed by atoms with Crippen LogP contribution in [0.3, 0.4) is 0 Å². The minimum Gasteiger partial charge on any atom is -0.494 e. The number of alkyl halides is 3. The third-order valence-electron chi connectivity index (χ3n) is 7.29. The lowest BCUT2D eigenvalue weighted by molar-refractivity contribution is -0.161. The molecule has 2 N–H and O–H groups in total. The number of hydrogen-bond donors (Lipinski definition) is 2. The number of aromatic nitrogens is 2. The molecule has 1 aromatic heterocycles. The van der Waals surface area contributed by atoms with Gasteiger partial charge in [-0.25, -0.2) is 15.4 Å². The number of methoxy groups -OCH3 is 1. The lowest BCUT2D eigenvalue weighted by Gasteiger charge is -2.35. The van der Waals surface area contributed by atoms with Crippen molar-refractivity contribution in [3.05, 3.63) is 65.6 Å². The van der Waals surface area contributed by atoms with Crippen molar-refractivity contribution in [3.63, 3.8) is 0 Å².